The van der Waals surface area contributed by atoms with Crippen molar-refractivity contribution in [3.63, 3.8) is 0 Å². The van der Waals surface area contributed by atoms with Crippen LogP contribution >= 0.6 is 22.7 Å². The largest absolute Gasteiger partial charge is 0.346 e. The molecular weight excluding hydrogens is 288 g/mol. The Bertz CT molecular complexity index is 646. The first-order valence-corrected chi connectivity index (χ1v) is 8.00. The summed E-state index contributed by atoms with van der Waals surface area (Å²) in [7, 11) is 0. The van der Waals surface area contributed by atoms with Crippen LogP contribution in [-0.2, 0) is 13.0 Å². The van der Waals surface area contributed by atoms with E-state index in [1.807, 2.05) is 6.07 Å². The van der Waals surface area contributed by atoms with E-state index in [1.165, 1.54) is 21.1 Å². The van der Waals surface area contributed by atoms with E-state index in [2.05, 4.69) is 36.2 Å². The van der Waals surface area contributed by atoms with Crippen molar-refractivity contribution in [3.05, 3.63) is 43.8 Å². The Kier molecular flexibility index (Phi) is 5.36. The van der Waals surface area contributed by atoms with Crippen molar-refractivity contribution >= 4 is 28.6 Å². The normalized spacial score (nSPS) is 9.90. The minimum Gasteiger partial charge on any atom is -0.346 e. The topological polar surface area (TPSA) is 55.1 Å². The summed E-state index contributed by atoms with van der Waals surface area (Å²) in [4.78, 5) is 16.1. The summed E-state index contributed by atoms with van der Waals surface area (Å²) in [6.07, 6.45) is 1.03. The van der Waals surface area contributed by atoms with Gasteiger partial charge in [-0.3, -0.25) is 4.79 Å². The quantitative estimate of drug-likeness (QED) is 0.853. The number of carbonyl (C=O) groups excluding carboxylic acids is 1. The predicted octanol–water partition coefficient (Wildman–Crippen LogP) is 2.61. The third kappa shape index (κ3) is 3.94. The van der Waals surface area contributed by atoms with Crippen LogP contribution in [0.25, 0.3) is 0 Å². The lowest BCUT2D eigenvalue weighted by atomic mass is 10.3. The Morgan fingerprint density at radius 2 is 2.05 bits per heavy atom. The SMILES string of the molecule is CCc1ccc(CNC(=O)c2ccc(C#CCN)s2)s1. The van der Waals surface area contributed by atoms with Crippen molar-refractivity contribution < 1.29 is 4.79 Å². The summed E-state index contributed by atoms with van der Waals surface area (Å²) >= 11 is 3.13. The van der Waals surface area contributed by atoms with Crippen LogP contribution in [0, 0.1) is 11.8 Å². The van der Waals surface area contributed by atoms with Gasteiger partial charge in [0, 0.05) is 9.75 Å². The molecule has 0 spiro atoms. The molecule has 2 heterocycles. The zero-order valence-electron chi connectivity index (χ0n) is 11.2. The van der Waals surface area contributed by atoms with E-state index in [4.69, 9.17) is 5.73 Å². The van der Waals surface area contributed by atoms with E-state index in [-0.39, 0.29) is 5.91 Å². The van der Waals surface area contributed by atoms with Gasteiger partial charge in [0.05, 0.1) is 22.8 Å². The van der Waals surface area contributed by atoms with Crippen LogP contribution in [-0.4, -0.2) is 12.5 Å². The molecule has 0 radical (unpaired) electrons. The summed E-state index contributed by atoms with van der Waals surface area (Å²) in [5, 5.41) is 2.93. The number of hydrogen-bond acceptors (Lipinski definition) is 4. The van der Waals surface area contributed by atoms with E-state index in [1.54, 1.807) is 17.4 Å². The van der Waals surface area contributed by atoms with E-state index in [0.29, 0.717) is 18.0 Å². The fourth-order valence-electron chi connectivity index (χ4n) is 1.63. The minimum absolute atomic E-state index is 0.0535. The van der Waals surface area contributed by atoms with E-state index >= 15 is 0 Å². The maximum Gasteiger partial charge on any atom is 0.261 e. The summed E-state index contributed by atoms with van der Waals surface area (Å²) < 4.78 is 0. The molecule has 20 heavy (non-hydrogen) atoms. The second-order valence-electron chi connectivity index (χ2n) is 4.07. The molecule has 0 fully saturated rings. The summed E-state index contributed by atoms with van der Waals surface area (Å²) in [6.45, 7) is 3.03. The fraction of sp³-hybridized carbons (Fsp3) is 0.267. The molecule has 0 saturated heterocycles. The van der Waals surface area contributed by atoms with E-state index in [9.17, 15) is 4.79 Å². The molecule has 2 aromatic heterocycles. The van der Waals surface area contributed by atoms with Crippen molar-refractivity contribution in [2.75, 3.05) is 6.54 Å². The Labute approximate surface area is 126 Å². The number of hydrogen-bond donors (Lipinski definition) is 2. The van der Waals surface area contributed by atoms with Crippen LogP contribution in [0.5, 0.6) is 0 Å². The van der Waals surface area contributed by atoms with Crippen LogP contribution < -0.4 is 11.1 Å². The molecular formula is C15H16N2OS2. The van der Waals surface area contributed by atoms with Crippen LogP contribution in [0.3, 0.4) is 0 Å². The lowest BCUT2D eigenvalue weighted by Crippen LogP contribution is -2.21. The van der Waals surface area contributed by atoms with Gasteiger partial charge in [0.15, 0.2) is 0 Å². The van der Waals surface area contributed by atoms with Gasteiger partial charge in [0.25, 0.3) is 5.91 Å². The Morgan fingerprint density at radius 1 is 1.25 bits per heavy atom. The molecule has 0 unspecified atom stereocenters. The van der Waals surface area contributed by atoms with Crippen LogP contribution in [0.1, 0.15) is 31.2 Å². The lowest BCUT2D eigenvalue weighted by molar-refractivity contribution is 0.0955. The number of rotatable bonds is 4. The summed E-state index contributed by atoms with van der Waals surface area (Å²) in [5.41, 5.74) is 5.32. The predicted molar refractivity (Wildman–Crippen MR) is 85.1 cm³/mol. The Hall–Kier alpha value is -1.61. The van der Waals surface area contributed by atoms with Crippen molar-refractivity contribution in [2.24, 2.45) is 5.73 Å². The number of amides is 1. The smallest absolute Gasteiger partial charge is 0.261 e. The highest BCUT2D eigenvalue weighted by atomic mass is 32.1. The number of aryl methyl sites for hydroxylation is 1. The number of nitrogens with one attached hydrogen (secondary N) is 1. The number of thiophene rings is 2. The molecule has 0 aliphatic heterocycles. The molecule has 0 atom stereocenters. The zero-order valence-corrected chi connectivity index (χ0v) is 12.9. The molecule has 5 heteroatoms. The first kappa shape index (κ1) is 14.8. The molecule has 3 N–H and O–H groups in total. The molecule has 104 valence electrons. The third-order valence-corrected chi connectivity index (χ3v) is 4.86. The first-order valence-electron chi connectivity index (χ1n) is 6.37. The lowest BCUT2D eigenvalue weighted by Gasteiger charge is -2.00. The average molecular weight is 304 g/mol. The van der Waals surface area contributed by atoms with E-state index < -0.39 is 0 Å². The molecule has 0 bridgehead atoms. The van der Waals surface area contributed by atoms with Gasteiger partial charge in [-0.1, -0.05) is 18.8 Å². The van der Waals surface area contributed by atoms with Gasteiger partial charge in [0.1, 0.15) is 0 Å². The fourth-order valence-corrected chi connectivity index (χ4v) is 3.32. The molecule has 2 rings (SSSR count). The van der Waals surface area contributed by atoms with Crippen LogP contribution in [0.2, 0.25) is 0 Å². The molecule has 2 aromatic rings. The van der Waals surface area contributed by atoms with Crippen LogP contribution in [0.15, 0.2) is 24.3 Å². The number of nitrogens with two attached hydrogens (primary N) is 1. The van der Waals surface area contributed by atoms with Crippen molar-refractivity contribution in [2.45, 2.75) is 19.9 Å². The van der Waals surface area contributed by atoms with Gasteiger partial charge >= 0.3 is 0 Å². The highest BCUT2D eigenvalue weighted by Crippen LogP contribution is 2.18. The highest BCUT2D eigenvalue weighted by Gasteiger charge is 2.08. The average Bonchev–Trinajstić information content (AvgIpc) is 3.11. The van der Waals surface area contributed by atoms with Gasteiger partial charge in [0.2, 0.25) is 0 Å². The summed E-state index contributed by atoms with van der Waals surface area (Å²) in [5.74, 6) is 5.66. The van der Waals surface area contributed by atoms with Gasteiger partial charge in [-0.25, -0.2) is 0 Å². The van der Waals surface area contributed by atoms with Gasteiger partial charge in [-0.2, -0.15) is 0 Å². The van der Waals surface area contributed by atoms with Crippen molar-refractivity contribution in [3.8, 4) is 11.8 Å². The molecule has 0 aromatic carbocycles. The van der Waals surface area contributed by atoms with Crippen molar-refractivity contribution in [1.82, 2.24) is 5.32 Å². The van der Waals surface area contributed by atoms with Gasteiger partial charge in [-0.15, -0.1) is 22.7 Å². The maximum atomic E-state index is 12.0. The monoisotopic (exact) mass is 304 g/mol. The second-order valence-corrected chi connectivity index (χ2v) is 6.41. The molecule has 3 nitrogen and oxygen atoms in total. The molecule has 1 amide bonds. The second kappa shape index (κ2) is 7.25. The highest BCUT2D eigenvalue weighted by molar-refractivity contribution is 7.14. The standard InChI is InChI=1S/C15H16N2OS2/c1-2-11-5-6-13(19-11)10-17-15(18)14-8-7-12(20-14)4-3-9-16/h5-8H,2,9-10,16H2,1H3,(H,17,18). The van der Waals surface area contributed by atoms with Gasteiger partial charge in [-0.05, 0) is 30.7 Å². The van der Waals surface area contributed by atoms with Crippen LogP contribution in [0.4, 0.5) is 0 Å². The zero-order chi connectivity index (χ0) is 14.4. The molecule has 0 saturated carbocycles. The Morgan fingerprint density at radius 3 is 2.75 bits per heavy atom. The first-order chi connectivity index (χ1) is 9.72. The van der Waals surface area contributed by atoms with Crippen molar-refractivity contribution in [1.29, 1.82) is 0 Å². The molecule has 0 aliphatic carbocycles. The Balaban J connectivity index is 1.92. The minimum atomic E-state index is -0.0535. The number of carbonyl (C=O) groups is 1. The summed E-state index contributed by atoms with van der Waals surface area (Å²) in [6, 6.07) is 7.82. The van der Waals surface area contributed by atoms with E-state index in [0.717, 1.165) is 11.3 Å². The van der Waals surface area contributed by atoms with Gasteiger partial charge < -0.3 is 11.1 Å². The third-order valence-electron chi connectivity index (χ3n) is 2.63. The maximum absolute atomic E-state index is 12.0. The molecule has 0 aliphatic rings.